The third-order valence-corrected chi connectivity index (χ3v) is 3.54. The zero-order chi connectivity index (χ0) is 11.2. The van der Waals surface area contributed by atoms with Crippen molar-refractivity contribution in [2.75, 3.05) is 6.61 Å². The van der Waals surface area contributed by atoms with Gasteiger partial charge in [0.1, 0.15) is 24.4 Å². The molecular weight excluding hydrogens is 220 g/mol. The van der Waals surface area contributed by atoms with E-state index in [-0.39, 0.29) is 30.7 Å². The van der Waals surface area contributed by atoms with Gasteiger partial charge in [0, 0.05) is 0 Å². The first kappa shape index (κ1) is 10.0. The standard InChI is InChI=1S/C13H14O4/c1-2-4-8(5-3-1)6-15-13-12-11-10(17-11)9(16-13)7-14-12/h1-5,9-13H,6-7H2/t9-,10+,11+,12-,13+/m0/s1. The van der Waals surface area contributed by atoms with Gasteiger partial charge in [0.15, 0.2) is 6.29 Å². The zero-order valence-corrected chi connectivity index (χ0v) is 9.32. The molecule has 5 rings (SSSR count). The molecule has 0 aromatic heterocycles. The molecule has 0 radical (unpaired) electrons. The van der Waals surface area contributed by atoms with Crippen LogP contribution in [0.3, 0.4) is 0 Å². The monoisotopic (exact) mass is 234 g/mol. The number of hydrogen-bond acceptors (Lipinski definition) is 4. The van der Waals surface area contributed by atoms with Crippen LogP contribution in [0.4, 0.5) is 0 Å². The van der Waals surface area contributed by atoms with Crippen molar-refractivity contribution in [2.24, 2.45) is 0 Å². The van der Waals surface area contributed by atoms with Crippen LogP contribution >= 0.6 is 0 Å². The van der Waals surface area contributed by atoms with Gasteiger partial charge in [-0.3, -0.25) is 0 Å². The Morgan fingerprint density at radius 1 is 1.06 bits per heavy atom. The lowest BCUT2D eigenvalue weighted by molar-refractivity contribution is -0.294. The van der Waals surface area contributed by atoms with Crippen LogP contribution in [0.25, 0.3) is 0 Å². The highest BCUT2D eigenvalue weighted by atomic mass is 16.8. The summed E-state index contributed by atoms with van der Waals surface area (Å²) in [6.45, 7) is 1.19. The van der Waals surface area contributed by atoms with Crippen LogP contribution in [0.1, 0.15) is 5.56 Å². The maximum absolute atomic E-state index is 5.79. The Morgan fingerprint density at radius 3 is 2.76 bits per heavy atom. The third kappa shape index (κ3) is 1.68. The van der Waals surface area contributed by atoms with E-state index in [2.05, 4.69) is 0 Å². The normalized spacial score (nSPS) is 42.2. The van der Waals surface area contributed by atoms with Crippen molar-refractivity contribution in [3.05, 3.63) is 35.9 Å². The lowest BCUT2D eigenvalue weighted by Crippen LogP contribution is -2.55. The molecule has 4 fully saturated rings. The maximum atomic E-state index is 5.79. The first-order chi connectivity index (χ1) is 8.42. The summed E-state index contributed by atoms with van der Waals surface area (Å²) in [5, 5.41) is 0. The topological polar surface area (TPSA) is 40.2 Å². The minimum absolute atomic E-state index is 0.0475. The highest BCUT2D eigenvalue weighted by Gasteiger charge is 2.62. The van der Waals surface area contributed by atoms with E-state index in [1.54, 1.807) is 0 Å². The number of fused-ring (bicyclic) bond motifs is 2. The molecule has 0 spiro atoms. The van der Waals surface area contributed by atoms with E-state index in [1.807, 2.05) is 30.3 Å². The number of hydrogen-bond donors (Lipinski definition) is 0. The van der Waals surface area contributed by atoms with Gasteiger partial charge in [-0.2, -0.15) is 0 Å². The molecule has 90 valence electrons. The molecule has 1 aromatic rings. The van der Waals surface area contributed by atoms with E-state index >= 15 is 0 Å². The van der Waals surface area contributed by atoms with Crippen LogP contribution in [0, 0.1) is 0 Å². The first-order valence-electron chi connectivity index (χ1n) is 6.00. The molecule has 4 saturated heterocycles. The smallest absolute Gasteiger partial charge is 0.187 e. The fraction of sp³-hybridized carbons (Fsp3) is 0.538. The second kappa shape index (κ2) is 3.78. The molecule has 0 aliphatic carbocycles. The molecule has 4 aliphatic rings. The molecule has 0 N–H and O–H groups in total. The number of benzene rings is 1. The fourth-order valence-electron chi connectivity index (χ4n) is 2.58. The van der Waals surface area contributed by atoms with Crippen molar-refractivity contribution < 1.29 is 18.9 Å². The lowest BCUT2D eigenvalue weighted by atomic mass is 10.0. The molecule has 4 heteroatoms. The van der Waals surface area contributed by atoms with Crippen LogP contribution in [-0.4, -0.2) is 37.3 Å². The maximum Gasteiger partial charge on any atom is 0.187 e. The minimum atomic E-state index is -0.280. The van der Waals surface area contributed by atoms with Crippen molar-refractivity contribution in [3.8, 4) is 0 Å². The van der Waals surface area contributed by atoms with Gasteiger partial charge in [-0.15, -0.1) is 0 Å². The first-order valence-corrected chi connectivity index (χ1v) is 6.00. The predicted molar refractivity (Wildman–Crippen MR) is 58.3 cm³/mol. The molecular formula is C13H14O4. The van der Waals surface area contributed by atoms with Crippen LogP contribution < -0.4 is 0 Å². The van der Waals surface area contributed by atoms with Crippen molar-refractivity contribution in [1.29, 1.82) is 0 Å². The van der Waals surface area contributed by atoms with E-state index in [0.29, 0.717) is 13.2 Å². The average Bonchev–Trinajstić information content (AvgIpc) is 3.20. The predicted octanol–water partition coefficient (Wildman–Crippen LogP) is 1.09. The molecule has 4 aliphatic heterocycles. The molecule has 5 atom stereocenters. The van der Waals surface area contributed by atoms with E-state index in [4.69, 9.17) is 18.9 Å². The number of rotatable bonds is 3. The Morgan fingerprint density at radius 2 is 1.94 bits per heavy atom. The van der Waals surface area contributed by atoms with Gasteiger partial charge in [0.25, 0.3) is 0 Å². The molecule has 2 bridgehead atoms. The summed E-state index contributed by atoms with van der Waals surface area (Å²) in [7, 11) is 0. The van der Waals surface area contributed by atoms with E-state index in [1.165, 1.54) is 0 Å². The fourth-order valence-corrected chi connectivity index (χ4v) is 2.58. The average molecular weight is 234 g/mol. The molecule has 1 aromatic carbocycles. The van der Waals surface area contributed by atoms with Crippen molar-refractivity contribution in [3.63, 3.8) is 0 Å². The summed E-state index contributed by atoms with van der Waals surface area (Å²) in [5.74, 6) is 0. The van der Waals surface area contributed by atoms with Gasteiger partial charge in [-0.05, 0) is 5.56 Å². The molecule has 4 nitrogen and oxygen atoms in total. The number of epoxide rings is 1. The molecule has 0 amide bonds. The Bertz CT molecular complexity index is 407. The van der Waals surface area contributed by atoms with Crippen LogP contribution in [0.2, 0.25) is 0 Å². The van der Waals surface area contributed by atoms with Gasteiger partial charge >= 0.3 is 0 Å². The highest BCUT2D eigenvalue weighted by Crippen LogP contribution is 2.43. The molecule has 0 unspecified atom stereocenters. The van der Waals surface area contributed by atoms with Gasteiger partial charge in [-0.25, -0.2) is 0 Å². The molecule has 0 saturated carbocycles. The largest absolute Gasteiger partial charge is 0.367 e. The van der Waals surface area contributed by atoms with Crippen molar-refractivity contribution >= 4 is 0 Å². The summed E-state index contributed by atoms with van der Waals surface area (Å²) in [4.78, 5) is 0. The van der Waals surface area contributed by atoms with Gasteiger partial charge in [-0.1, -0.05) is 30.3 Å². The van der Waals surface area contributed by atoms with Crippen LogP contribution in [-0.2, 0) is 25.6 Å². The Balaban J connectivity index is 1.41. The summed E-state index contributed by atoms with van der Waals surface area (Å²) in [6, 6.07) is 10.1. The van der Waals surface area contributed by atoms with Gasteiger partial charge < -0.3 is 18.9 Å². The SMILES string of the molecule is c1ccc(CO[C@@H]2O[C@H]3CO[C@H]2[C@@H]2O[C@@H]23)cc1. The second-order valence-electron chi connectivity index (χ2n) is 4.70. The second-order valence-corrected chi connectivity index (χ2v) is 4.70. The Hall–Kier alpha value is -0.940. The third-order valence-electron chi connectivity index (χ3n) is 3.54. The Labute approximate surface area is 99.4 Å². The molecule has 4 heterocycles. The summed E-state index contributed by atoms with van der Waals surface area (Å²) in [5.41, 5.74) is 1.14. The van der Waals surface area contributed by atoms with Gasteiger partial charge in [0.2, 0.25) is 0 Å². The minimum Gasteiger partial charge on any atom is -0.367 e. The quantitative estimate of drug-likeness (QED) is 0.734. The highest BCUT2D eigenvalue weighted by molar-refractivity contribution is 5.13. The number of ether oxygens (including phenoxy) is 4. The summed E-state index contributed by atoms with van der Waals surface area (Å²) >= 11 is 0. The van der Waals surface area contributed by atoms with Gasteiger partial charge in [0.05, 0.1) is 13.2 Å². The lowest BCUT2D eigenvalue weighted by Gasteiger charge is -2.38. The van der Waals surface area contributed by atoms with E-state index < -0.39 is 0 Å². The van der Waals surface area contributed by atoms with Crippen molar-refractivity contribution in [1.82, 2.24) is 0 Å². The Kier molecular flexibility index (Phi) is 2.23. The van der Waals surface area contributed by atoms with E-state index in [9.17, 15) is 0 Å². The van der Waals surface area contributed by atoms with Crippen molar-refractivity contribution in [2.45, 2.75) is 37.3 Å². The summed E-state index contributed by atoms with van der Waals surface area (Å²) < 4.78 is 22.7. The zero-order valence-electron chi connectivity index (χ0n) is 9.32. The van der Waals surface area contributed by atoms with E-state index in [0.717, 1.165) is 5.56 Å². The van der Waals surface area contributed by atoms with Crippen LogP contribution in [0.5, 0.6) is 0 Å². The van der Waals surface area contributed by atoms with Crippen LogP contribution in [0.15, 0.2) is 30.3 Å². The molecule has 17 heavy (non-hydrogen) atoms. The summed E-state index contributed by atoms with van der Waals surface area (Å²) in [6.07, 6.45) is 0.186.